The first kappa shape index (κ1) is 19.2. The Bertz CT molecular complexity index is 124. The smallest absolute Gasteiger partial charge is 0.182 e. The maximum absolute atomic E-state index is 7.84. The first-order chi connectivity index (χ1) is 6.45. The minimum Gasteiger partial charge on any atom is -0.500 e. The average Bonchev–Trinajstić information content (AvgIpc) is 2.19. The number of rotatable bonds is 3. The second-order valence-corrected chi connectivity index (χ2v) is 2.49. The SMILES string of the molecule is OCC(O)=S.OCC(O)=S.OCCO. The predicted molar refractivity (Wildman–Crippen MR) is 58.8 cm³/mol. The van der Waals surface area contributed by atoms with Crippen LogP contribution in [0.15, 0.2) is 0 Å². The molecule has 0 aromatic carbocycles. The van der Waals surface area contributed by atoms with Crippen molar-refractivity contribution in [2.75, 3.05) is 26.4 Å². The Balaban J connectivity index is -0.000000131. The molecule has 0 amide bonds. The summed E-state index contributed by atoms with van der Waals surface area (Å²) in [5.41, 5.74) is 0. The van der Waals surface area contributed by atoms with Crippen LogP contribution < -0.4 is 0 Å². The number of aliphatic hydroxyl groups is 6. The van der Waals surface area contributed by atoms with Crippen LogP contribution in [0.1, 0.15) is 0 Å². The third kappa shape index (κ3) is 61.4. The molecule has 6 nitrogen and oxygen atoms in total. The molecule has 0 rings (SSSR count). The van der Waals surface area contributed by atoms with E-state index in [4.69, 9.17) is 30.6 Å². The summed E-state index contributed by atoms with van der Waals surface area (Å²) in [5.74, 6) is 0. The predicted octanol–water partition coefficient (Wildman–Crippen LogP) is -1.30. The van der Waals surface area contributed by atoms with Crippen molar-refractivity contribution in [2.45, 2.75) is 0 Å². The molecule has 6 N–H and O–H groups in total. The van der Waals surface area contributed by atoms with Gasteiger partial charge in [0.05, 0.1) is 13.2 Å². The topological polar surface area (TPSA) is 121 Å². The minimum atomic E-state index is -0.407. The Labute approximate surface area is 92.1 Å². The highest BCUT2D eigenvalue weighted by Crippen LogP contribution is 1.59. The van der Waals surface area contributed by atoms with E-state index >= 15 is 0 Å². The van der Waals surface area contributed by atoms with Crippen LogP contribution in [0.4, 0.5) is 0 Å². The highest BCUT2D eigenvalue weighted by molar-refractivity contribution is 7.80. The largest absolute Gasteiger partial charge is 0.500 e. The third-order valence-electron chi connectivity index (χ3n) is 0.371. The van der Waals surface area contributed by atoms with Gasteiger partial charge in [0.25, 0.3) is 0 Å². The van der Waals surface area contributed by atoms with Crippen molar-refractivity contribution in [3.8, 4) is 0 Å². The monoisotopic (exact) mass is 246 g/mol. The highest BCUT2D eigenvalue weighted by Gasteiger charge is 1.76. The molecule has 0 saturated heterocycles. The normalized spacial score (nSPS) is 7.43. The summed E-state index contributed by atoms with van der Waals surface area (Å²) in [7, 11) is 0. The molecule has 0 aliphatic heterocycles. The van der Waals surface area contributed by atoms with Gasteiger partial charge >= 0.3 is 0 Å². The maximum atomic E-state index is 7.84. The van der Waals surface area contributed by atoms with Crippen molar-refractivity contribution >= 4 is 34.5 Å². The van der Waals surface area contributed by atoms with Gasteiger partial charge in [-0.25, -0.2) is 0 Å². The molecule has 0 spiro atoms. The molecule has 0 bridgehead atoms. The molecule has 0 saturated carbocycles. The van der Waals surface area contributed by atoms with Crippen LogP contribution >= 0.6 is 24.4 Å². The first-order valence-electron chi connectivity index (χ1n) is 3.33. The van der Waals surface area contributed by atoms with Crippen molar-refractivity contribution in [1.82, 2.24) is 0 Å². The number of hydrogen-bond donors (Lipinski definition) is 6. The Hall–Kier alpha value is -0.380. The first-order valence-corrected chi connectivity index (χ1v) is 4.14. The zero-order chi connectivity index (χ0) is 12.0. The van der Waals surface area contributed by atoms with E-state index in [1.165, 1.54) is 0 Å². The lowest BCUT2D eigenvalue weighted by Crippen LogP contribution is -1.95. The van der Waals surface area contributed by atoms with E-state index in [0.29, 0.717) is 0 Å². The van der Waals surface area contributed by atoms with Gasteiger partial charge in [0.2, 0.25) is 0 Å². The van der Waals surface area contributed by atoms with E-state index in [0.717, 1.165) is 0 Å². The molecule has 0 aliphatic carbocycles. The van der Waals surface area contributed by atoms with Gasteiger partial charge in [-0.15, -0.1) is 0 Å². The third-order valence-corrected chi connectivity index (χ3v) is 0.629. The van der Waals surface area contributed by atoms with Crippen LogP contribution in [0.3, 0.4) is 0 Å². The summed E-state index contributed by atoms with van der Waals surface area (Å²) in [5, 5.41) is 45.7. The van der Waals surface area contributed by atoms with E-state index in [2.05, 4.69) is 24.4 Å². The molecular weight excluding hydrogens is 232 g/mol. The van der Waals surface area contributed by atoms with Gasteiger partial charge in [0.1, 0.15) is 13.2 Å². The lowest BCUT2D eigenvalue weighted by Gasteiger charge is -1.77. The molecule has 86 valence electrons. The molecule has 0 heterocycles. The molecule has 0 atom stereocenters. The fraction of sp³-hybridized carbons (Fsp3) is 0.667. The molecule has 0 fully saturated rings. The summed E-state index contributed by atoms with van der Waals surface area (Å²) in [4.78, 5) is 0. The van der Waals surface area contributed by atoms with Gasteiger partial charge in [-0.2, -0.15) is 0 Å². The van der Waals surface area contributed by atoms with Crippen LogP contribution in [-0.2, 0) is 0 Å². The van der Waals surface area contributed by atoms with Crippen molar-refractivity contribution < 1.29 is 30.6 Å². The summed E-state index contributed by atoms with van der Waals surface area (Å²) >= 11 is 8.00. The van der Waals surface area contributed by atoms with Crippen molar-refractivity contribution in [1.29, 1.82) is 0 Å². The molecular formula is C6H14O6S2. The molecule has 0 aromatic heterocycles. The van der Waals surface area contributed by atoms with Gasteiger partial charge in [-0.1, -0.05) is 0 Å². The molecule has 0 unspecified atom stereocenters. The Kier molecular flexibility index (Phi) is 25.3. The van der Waals surface area contributed by atoms with E-state index in [-0.39, 0.29) is 23.3 Å². The fourth-order valence-electron chi connectivity index (χ4n) is 0. The molecule has 0 aliphatic rings. The Morgan fingerprint density at radius 1 is 0.714 bits per heavy atom. The van der Waals surface area contributed by atoms with Crippen LogP contribution in [0.25, 0.3) is 0 Å². The Morgan fingerprint density at radius 3 is 0.857 bits per heavy atom. The van der Waals surface area contributed by atoms with E-state index in [9.17, 15) is 0 Å². The van der Waals surface area contributed by atoms with Gasteiger partial charge in [-0.3, -0.25) is 0 Å². The molecule has 8 heteroatoms. The summed E-state index contributed by atoms with van der Waals surface area (Å²) < 4.78 is 0. The van der Waals surface area contributed by atoms with Crippen molar-refractivity contribution in [3.05, 3.63) is 0 Å². The van der Waals surface area contributed by atoms with Gasteiger partial charge in [0.15, 0.2) is 10.1 Å². The minimum absolute atomic E-state index is 0.125. The number of hydrogen-bond acceptors (Lipinski definition) is 6. The standard InChI is InChI=1S/2C2H4O2S.C2H6O2/c2*3-1-2(4)5;3-1-2-4/h2*3H,1H2,(H,4,5);3-4H,1-2H2. The quantitative estimate of drug-likeness (QED) is 0.340. The van der Waals surface area contributed by atoms with Crippen molar-refractivity contribution in [3.63, 3.8) is 0 Å². The summed E-state index contributed by atoms with van der Waals surface area (Å²) in [6.45, 7) is -1.06. The van der Waals surface area contributed by atoms with Crippen molar-refractivity contribution in [2.24, 2.45) is 0 Å². The van der Waals surface area contributed by atoms with Gasteiger partial charge in [0, 0.05) is 0 Å². The van der Waals surface area contributed by atoms with Crippen LogP contribution in [0.2, 0.25) is 0 Å². The molecule has 14 heavy (non-hydrogen) atoms. The lowest BCUT2D eigenvalue weighted by atomic mass is 10.8. The van der Waals surface area contributed by atoms with Gasteiger partial charge in [-0.05, 0) is 24.4 Å². The van der Waals surface area contributed by atoms with E-state index in [1.807, 2.05) is 0 Å². The second-order valence-electron chi connectivity index (χ2n) is 1.55. The van der Waals surface area contributed by atoms with E-state index < -0.39 is 13.2 Å². The van der Waals surface area contributed by atoms with Crippen LogP contribution in [0, 0.1) is 0 Å². The summed E-state index contributed by atoms with van der Waals surface area (Å²) in [6, 6.07) is 0. The zero-order valence-electron chi connectivity index (χ0n) is 7.33. The highest BCUT2D eigenvalue weighted by atomic mass is 32.1. The lowest BCUT2D eigenvalue weighted by molar-refractivity contribution is 0.186. The Morgan fingerprint density at radius 2 is 0.857 bits per heavy atom. The average molecular weight is 246 g/mol. The maximum Gasteiger partial charge on any atom is 0.182 e. The summed E-state index contributed by atoms with van der Waals surface area (Å²) in [6.07, 6.45) is 0. The number of aliphatic hydroxyl groups excluding tert-OH is 6. The molecule has 0 aromatic rings. The van der Waals surface area contributed by atoms with Crippen LogP contribution in [0.5, 0.6) is 0 Å². The number of thiocarbonyl (C=S) groups is 2. The fourth-order valence-corrected chi connectivity index (χ4v) is 0. The molecule has 0 radical (unpaired) electrons. The van der Waals surface area contributed by atoms with Gasteiger partial charge < -0.3 is 30.6 Å². The van der Waals surface area contributed by atoms with Crippen LogP contribution in [-0.4, -0.2) is 67.2 Å². The van der Waals surface area contributed by atoms with E-state index in [1.54, 1.807) is 0 Å². The second kappa shape index (κ2) is 18.4. The zero-order valence-corrected chi connectivity index (χ0v) is 8.96.